The number of isocyanates is 1. The third-order valence-corrected chi connectivity index (χ3v) is 9.34. The molecule has 4 rings (SSSR count). The minimum absolute atomic E-state index is 0.162. The number of carbonyl (C=O) groups is 3. The van der Waals surface area contributed by atoms with Crippen LogP contribution in [0.15, 0.2) is 40.8 Å². The van der Waals surface area contributed by atoms with Crippen molar-refractivity contribution in [3.63, 3.8) is 0 Å². The minimum Gasteiger partial charge on any atom is -0.509 e. The van der Waals surface area contributed by atoms with E-state index in [9.17, 15) is 19.5 Å². The first kappa shape index (κ1) is 43.5. The number of benzene rings is 2. The molecule has 0 saturated carbocycles. The van der Waals surface area contributed by atoms with Crippen molar-refractivity contribution in [2.24, 2.45) is 4.99 Å². The highest BCUT2D eigenvalue weighted by Gasteiger charge is 2.45. The van der Waals surface area contributed by atoms with Crippen molar-refractivity contribution in [2.45, 2.75) is 133 Å². The van der Waals surface area contributed by atoms with Gasteiger partial charge in [0.2, 0.25) is 6.08 Å². The van der Waals surface area contributed by atoms with Gasteiger partial charge in [-0.05, 0) is 114 Å². The maximum absolute atomic E-state index is 12.9. The number of carbonyl (C=O) groups excluding carboxylic acids is 4. The van der Waals surface area contributed by atoms with Gasteiger partial charge in [-0.15, -0.1) is 0 Å². The molecule has 52 heavy (non-hydrogen) atoms. The lowest BCUT2D eigenvalue weighted by Gasteiger charge is -2.26. The van der Waals surface area contributed by atoms with Crippen molar-refractivity contribution >= 4 is 35.1 Å². The molecule has 284 valence electrons. The fraction of sp³-hybridized carbons (Fsp3) is 0.524. The molecule has 0 aromatic heterocycles. The third kappa shape index (κ3) is 10.0. The Hall–Kier alpha value is -4.69. The first-order valence-electron chi connectivity index (χ1n) is 18.6. The standard InChI is InChI=1S/C21H30N2O3.C18H25NO2.C3H5NO/c1-7-10-21(6)18(26-20(25)22-9-3)17(19(24)23-21)16-14(5)11-13(4)12-15(16)8-2;1-6-8-18(5)16(20)15(17(21)19-18)14-12(4)9-11(3)10-13(14)7-2;1-2-4-3-5/h11-12H,7-10H2,1-6H3,(H,22,25)(H,23,24);9-10,20H,6-8H2,1-5H3,(H,19,21);2H2,1H3. The van der Waals surface area contributed by atoms with E-state index in [0.717, 1.165) is 71.0 Å². The van der Waals surface area contributed by atoms with Crippen LogP contribution < -0.4 is 16.0 Å². The molecule has 2 aliphatic heterocycles. The van der Waals surface area contributed by atoms with Crippen LogP contribution >= 0.6 is 0 Å². The van der Waals surface area contributed by atoms with E-state index in [-0.39, 0.29) is 17.6 Å². The molecule has 0 fully saturated rings. The number of aliphatic hydroxyl groups excluding tert-OH is 1. The highest BCUT2D eigenvalue weighted by Crippen LogP contribution is 2.40. The molecule has 2 aromatic rings. The smallest absolute Gasteiger partial charge is 0.412 e. The van der Waals surface area contributed by atoms with Crippen LogP contribution in [0.1, 0.15) is 126 Å². The van der Waals surface area contributed by atoms with Crippen molar-refractivity contribution in [3.8, 4) is 0 Å². The number of nitrogens with zero attached hydrogens (tertiary/aromatic N) is 1. The molecule has 0 radical (unpaired) electrons. The summed E-state index contributed by atoms with van der Waals surface area (Å²) in [6, 6.07) is 8.33. The maximum atomic E-state index is 12.9. The van der Waals surface area contributed by atoms with Gasteiger partial charge in [-0.2, -0.15) is 0 Å². The van der Waals surface area contributed by atoms with Crippen molar-refractivity contribution in [3.05, 3.63) is 80.3 Å². The summed E-state index contributed by atoms with van der Waals surface area (Å²) in [4.78, 5) is 49.8. The Morgan fingerprint density at radius 1 is 0.788 bits per heavy atom. The van der Waals surface area contributed by atoms with E-state index in [0.29, 0.717) is 36.4 Å². The number of aliphatic imine (C=N–C) groups is 1. The van der Waals surface area contributed by atoms with Crippen LogP contribution in [0.2, 0.25) is 0 Å². The summed E-state index contributed by atoms with van der Waals surface area (Å²) in [5.41, 5.74) is 8.02. The summed E-state index contributed by atoms with van der Waals surface area (Å²) in [7, 11) is 0. The minimum atomic E-state index is -0.686. The predicted molar refractivity (Wildman–Crippen MR) is 209 cm³/mol. The Balaban J connectivity index is 0.000000324. The molecule has 10 nitrogen and oxygen atoms in total. The molecule has 0 spiro atoms. The number of aliphatic hydroxyl groups is 1. The molecule has 0 bridgehead atoms. The summed E-state index contributed by atoms with van der Waals surface area (Å²) >= 11 is 0. The van der Waals surface area contributed by atoms with Gasteiger partial charge in [-0.25, -0.2) is 14.6 Å². The van der Waals surface area contributed by atoms with Crippen LogP contribution in [0.4, 0.5) is 4.79 Å². The summed E-state index contributed by atoms with van der Waals surface area (Å²) in [6.07, 6.45) is 5.70. The average Bonchev–Trinajstić information content (AvgIpc) is 3.43. The van der Waals surface area contributed by atoms with E-state index < -0.39 is 17.2 Å². The van der Waals surface area contributed by atoms with Crippen LogP contribution in [-0.4, -0.2) is 53.3 Å². The topological polar surface area (TPSA) is 146 Å². The number of amides is 3. The van der Waals surface area contributed by atoms with Crippen LogP contribution in [0.3, 0.4) is 0 Å². The summed E-state index contributed by atoms with van der Waals surface area (Å²) in [5.74, 6) is 0.278. The van der Waals surface area contributed by atoms with E-state index in [1.165, 1.54) is 11.6 Å². The molecule has 0 saturated heterocycles. The van der Waals surface area contributed by atoms with E-state index in [2.05, 4.69) is 72.9 Å². The van der Waals surface area contributed by atoms with Crippen LogP contribution in [0.5, 0.6) is 0 Å². The number of alkyl carbamates (subject to hydrolysis) is 1. The number of rotatable bonds is 11. The Bertz CT molecular complexity index is 1750. The Kier molecular flexibility index (Phi) is 16.1. The van der Waals surface area contributed by atoms with E-state index >= 15 is 0 Å². The molecule has 3 amide bonds. The average molecular weight is 717 g/mol. The lowest BCUT2D eigenvalue weighted by atomic mass is 9.88. The fourth-order valence-electron chi connectivity index (χ4n) is 7.21. The largest absolute Gasteiger partial charge is 0.509 e. The molecular weight excluding hydrogens is 656 g/mol. The summed E-state index contributed by atoms with van der Waals surface area (Å²) in [5, 5.41) is 19.3. The number of hydrogen-bond donors (Lipinski definition) is 4. The first-order chi connectivity index (χ1) is 24.5. The first-order valence-corrected chi connectivity index (χ1v) is 18.6. The second-order valence-corrected chi connectivity index (χ2v) is 13.9. The molecule has 2 unspecified atom stereocenters. The lowest BCUT2D eigenvalue weighted by Crippen LogP contribution is -2.43. The van der Waals surface area contributed by atoms with Gasteiger partial charge in [-0.3, -0.25) is 9.59 Å². The molecular formula is C42H60N4O6. The highest BCUT2D eigenvalue weighted by atomic mass is 16.6. The summed E-state index contributed by atoms with van der Waals surface area (Å²) in [6.45, 7) is 24.8. The van der Waals surface area contributed by atoms with Gasteiger partial charge in [0.25, 0.3) is 11.8 Å². The van der Waals surface area contributed by atoms with Crippen molar-refractivity contribution in [1.29, 1.82) is 0 Å². The molecule has 2 aliphatic rings. The number of nitrogens with one attached hydrogen (secondary N) is 3. The SMILES string of the molecule is CCCC1(C)NC(=O)C(c2c(C)cc(C)cc2CC)=C1O.CCCC1(C)NC(=O)C(c2c(C)cc(C)cc2CC)=C1OC(=O)NCC.CCN=C=O. The lowest BCUT2D eigenvalue weighted by molar-refractivity contribution is -0.117. The van der Waals surface area contributed by atoms with Gasteiger partial charge in [-0.1, -0.05) is 75.9 Å². The quantitative estimate of drug-likeness (QED) is 0.136. The zero-order valence-corrected chi connectivity index (χ0v) is 33.4. The molecule has 4 N–H and O–H groups in total. The maximum Gasteiger partial charge on any atom is 0.412 e. The number of hydrogen-bond acceptors (Lipinski definition) is 7. The Labute approximate surface area is 310 Å². The van der Waals surface area contributed by atoms with Crippen molar-refractivity contribution in [1.82, 2.24) is 16.0 Å². The monoisotopic (exact) mass is 716 g/mol. The van der Waals surface area contributed by atoms with Gasteiger partial charge in [0.1, 0.15) is 11.5 Å². The van der Waals surface area contributed by atoms with Gasteiger partial charge < -0.3 is 25.8 Å². The van der Waals surface area contributed by atoms with Crippen LogP contribution in [0.25, 0.3) is 11.1 Å². The van der Waals surface area contributed by atoms with Gasteiger partial charge in [0, 0.05) is 13.1 Å². The van der Waals surface area contributed by atoms with Crippen LogP contribution in [0, 0.1) is 27.7 Å². The number of aryl methyl sites for hydroxylation is 6. The highest BCUT2D eigenvalue weighted by molar-refractivity contribution is 6.24. The van der Waals surface area contributed by atoms with Crippen molar-refractivity contribution in [2.75, 3.05) is 13.1 Å². The van der Waals surface area contributed by atoms with Gasteiger partial charge in [0.15, 0.2) is 0 Å². The van der Waals surface area contributed by atoms with Gasteiger partial charge >= 0.3 is 6.09 Å². The summed E-state index contributed by atoms with van der Waals surface area (Å²) < 4.78 is 5.69. The van der Waals surface area contributed by atoms with Crippen molar-refractivity contribution < 1.29 is 29.0 Å². The second-order valence-electron chi connectivity index (χ2n) is 13.9. The zero-order valence-electron chi connectivity index (χ0n) is 33.4. The van der Waals surface area contributed by atoms with Crippen LogP contribution in [-0.2, 0) is 32.0 Å². The fourth-order valence-corrected chi connectivity index (χ4v) is 7.21. The third-order valence-electron chi connectivity index (χ3n) is 9.34. The Morgan fingerprint density at radius 3 is 1.67 bits per heavy atom. The zero-order chi connectivity index (χ0) is 39.4. The Morgan fingerprint density at radius 2 is 1.25 bits per heavy atom. The number of ether oxygens (including phenoxy) is 1. The molecule has 2 heterocycles. The molecule has 2 aromatic carbocycles. The molecule has 2 atom stereocenters. The van der Waals surface area contributed by atoms with E-state index in [1.807, 2.05) is 48.5 Å². The molecule has 10 heteroatoms. The normalized spacial score (nSPS) is 19.2. The van der Waals surface area contributed by atoms with Gasteiger partial charge in [0.05, 0.1) is 22.2 Å². The van der Waals surface area contributed by atoms with E-state index in [1.54, 1.807) is 6.92 Å². The second kappa shape index (κ2) is 19.2. The predicted octanol–water partition coefficient (Wildman–Crippen LogP) is 8.18. The van der Waals surface area contributed by atoms with E-state index in [4.69, 9.17) is 9.53 Å². The molecule has 0 aliphatic carbocycles.